The first kappa shape index (κ1) is 18.2. The van der Waals surface area contributed by atoms with Crippen molar-refractivity contribution < 1.29 is 4.79 Å². The van der Waals surface area contributed by atoms with E-state index in [1.807, 2.05) is 85.8 Å². The molecule has 4 heteroatoms. The van der Waals surface area contributed by atoms with Crippen LogP contribution >= 0.6 is 11.6 Å². The number of hydrogen-bond donors (Lipinski definition) is 1. The van der Waals surface area contributed by atoms with E-state index in [0.717, 1.165) is 27.6 Å². The Morgan fingerprint density at radius 2 is 1.61 bits per heavy atom. The number of para-hydroxylation sites is 1. The third-order valence-electron chi connectivity index (χ3n) is 4.73. The Bertz CT molecular complexity index is 1140. The lowest BCUT2D eigenvalue weighted by Gasteiger charge is -2.16. The van der Waals surface area contributed by atoms with E-state index in [0.29, 0.717) is 22.8 Å². The van der Waals surface area contributed by atoms with Gasteiger partial charge in [0.1, 0.15) is 0 Å². The molecule has 4 rings (SSSR count). The molecule has 0 saturated heterocycles. The molecule has 0 aliphatic rings. The van der Waals surface area contributed by atoms with Crippen LogP contribution in [0.5, 0.6) is 0 Å². The van der Waals surface area contributed by atoms with Gasteiger partial charge in [-0.05, 0) is 36.2 Å². The summed E-state index contributed by atoms with van der Waals surface area (Å²) in [5.74, 6) is -0.135. The summed E-state index contributed by atoms with van der Waals surface area (Å²) >= 11 is 5.94. The zero-order valence-electron chi connectivity index (χ0n) is 15.4. The number of hydrogen-bond acceptors (Lipinski definition) is 2. The quantitative estimate of drug-likeness (QED) is 0.482. The van der Waals surface area contributed by atoms with Gasteiger partial charge in [0.25, 0.3) is 5.91 Å². The van der Waals surface area contributed by atoms with E-state index in [1.165, 1.54) is 0 Å². The number of nitrogens with one attached hydrogen (secondary N) is 1. The van der Waals surface area contributed by atoms with Crippen LogP contribution in [0.4, 0.5) is 0 Å². The van der Waals surface area contributed by atoms with E-state index in [9.17, 15) is 4.79 Å². The summed E-state index contributed by atoms with van der Waals surface area (Å²) in [5, 5.41) is 4.67. The Labute approximate surface area is 169 Å². The number of amides is 1. The molecule has 0 saturated carbocycles. The van der Waals surface area contributed by atoms with E-state index in [-0.39, 0.29) is 5.91 Å². The van der Waals surface area contributed by atoms with E-state index < -0.39 is 0 Å². The molecule has 0 atom stereocenters. The van der Waals surface area contributed by atoms with E-state index in [1.54, 1.807) is 0 Å². The van der Waals surface area contributed by atoms with Crippen molar-refractivity contribution in [1.29, 1.82) is 0 Å². The topological polar surface area (TPSA) is 42.0 Å². The average molecular weight is 387 g/mol. The van der Waals surface area contributed by atoms with Crippen molar-refractivity contribution in [2.24, 2.45) is 0 Å². The van der Waals surface area contributed by atoms with E-state index >= 15 is 0 Å². The molecule has 138 valence electrons. The fraction of sp³-hybridized carbons (Fsp3) is 0.0833. The molecule has 0 aliphatic carbocycles. The zero-order valence-corrected chi connectivity index (χ0v) is 16.2. The number of aromatic nitrogens is 1. The standard InChI is InChI=1S/C24H19ClN2O/c1-16-22(24(28)26-15-17-11-13-19(25)14-12-17)23(18-7-3-2-4-8-18)20-9-5-6-10-21(20)27-16/h2-14H,15H2,1H3,(H,26,28). The average Bonchev–Trinajstić information content (AvgIpc) is 2.72. The summed E-state index contributed by atoms with van der Waals surface area (Å²) in [6, 6.07) is 25.4. The SMILES string of the molecule is Cc1nc2ccccc2c(-c2ccccc2)c1C(=O)NCc1ccc(Cl)cc1. The highest BCUT2D eigenvalue weighted by Crippen LogP contribution is 2.33. The Balaban J connectivity index is 1.78. The van der Waals surface area contributed by atoms with Crippen molar-refractivity contribution in [2.75, 3.05) is 0 Å². The van der Waals surface area contributed by atoms with Gasteiger partial charge in [-0.3, -0.25) is 9.78 Å². The second-order valence-corrected chi connectivity index (χ2v) is 7.08. The Hall–Kier alpha value is -3.17. The second-order valence-electron chi connectivity index (χ2n) is 6.64. The summed E-state index contributed by atoms with van der Waals surface area (Å²) in [7, 11) is 0. The minimum atomic E-state index is -0.135. The first-order valence-corrected chi connectivity index (χ1v) is 9.48. The largest absolute Gasteiger partial charge is 0.348 e. The molecule has 0 bridgehead atoms. The minimum absolute atomic E-state index is 0.135. The van der Waals surface area contributed by atoms with Gasteiger partial charge in [-0.15, -0.1) is 0 Å². The van der Waals surface area contributed by atoms with Crippen molar-refractivity contribution in [3.05, 3.63) is 101 Å². The highest BCUT2D eigenvalue weighted by atomic mass is 35.5. The maximum Gasteiger partial charge on any atom is 0.254 e. The molecule has 0 aliphatic heterocycles. The Kier molecular flexibility index (Phi) is 5.09. The molecule has 4 aromatic rings. The number of rotatable bonds is 4. The fourth-order valence-electron chi connectivity index (χ4n) is 3.39. The molecule has 1 heterocycles. The molecular formula is C24H19ClN2O. The summed E-state index contributed by atoms with van der Waals surface area (Å²) < 4.78 is 0. The number of carbonyl (C=O) groups excluding carboxylic acids is 1. The number of benzene rings is 3. The van der Waals surface area contributed by atoms with Gasteiger partial charge in [-0.1, -0.05) is 72.3 Å². The van der Waals surface area contributed by atoms with Gasteiger partial charge >= 0.3 is 0 Å². The monoisotopic (exact) mass is 386 g/mol. The number of carbonyl (C=O) groups is 1. The second kappa shape index (κ2) is 7.83. The van der Waals surface area contributed by atoms with Gasteiger partial charge in [0.15, 0.2) is 0 Å². The van der Waals surface area contributed by atoms with E-state index in [4.69, 9.17) is 11.6 Å². The Morgan fingerprint density at radius 3 is 2.36 bits per heavy atom. The first-order valence-electron chi connectivity index (χ1n) is 9.11. The third kappa shape index (κ3) is 3.62. The molecule has 1 amide bonds. The highest BCUT2D eigenvalue weighted by molar-refractivity contribution is 6.30. The van der Waals surface area contributed by atoms with Crippen molar-refractivity contribution in [1.82, 2.24) is 10.3 Å². The molecule has 0 fully saturated rings. The van der Waals surface area contributed by atoms with Crippen LogP contribution in [0.2, 0.25) is 5.02 Å². The first-order chi connectivity index (χ1) is 13.6. The molecule has 1 N–H and O–H groups in total. The van der Waals surface area contributed by atoms with Crippen molar-refractivity contribution in [3.8, 4) is 11.1 Å². The predicted octanol–water partition coefficient (Wildman–Crippen LogP) is 5.79. The van der Waals surface area contributed by atoms with Crippen LogP contribution in [0.1, 0.15) is 21.6 Å². The summed E-state index contributed by atoms with van der Waals surface area (Å²) in [5.41, 5.74) is 5.11. The lowest BCUT2D eigenvalue weighted by atomic mass is 9.94. The van der Waals surface area contributed by atoms with Gasteiger partial charge in [0, 0.05) is 22.5 Å². The van der Waals surface area contributed by atoms with Crippen LogP contribution in [0.3, 0.4) is 0 Å². The van der Waals surface area contributed by atoms with Crippen LogP contribution < -0.4 is 5.32 Å². The minimum Gasteiger partial charge on any atom is -0.348 e. The van der Waals surface area contributed by atoms with Crippen LogP contribution in [0.25, 0.3) is 22.0 Å². The van der Waals surface area contributed by atoms with E-state index in [2.05, 4.69) is 10.3 Å². The number of fused-ring (bicyclic) bond motifs is 1. The molecule has 1 aromatic heterocycles. The maximum absolute atomic E-state index is 13.2. The van der Waals surface area contributed by atoms with Gasteiger partial charge in [0.05, 0.1) is 16.8 Å². The van der Waals surface area contributed by atoms with Crippen LogP contribution in [-0.2, 0) is 6.54 Å². The molecule has 0 radical (unpaired) electrons. The predicted molar refractivity (Wildman–Crippen MR) is 115 cm³/mol. The van der Waals surface area contributed by atoms with Gasteiger partial charge in [-0.25, -0.2) is 0 Å². The lowest BCUT2D eigenvalue weighted by Crippen LogP contribution is -2.25. The normalized spacial score (nSPS) is 10.8. The molecular weight excluding hydrogens is 368 g/mol. The highest BCUT2D eigenvalue weighted by Gasteiger charge is 2.20. The van der Waals surface area contributed by atoms with Crippen molar-refractivity contribution in [3.63, 3.8) is 0 Å². The molecule has 0 spiro atoms. The number of nitrogens with zero attached hydrogens (tertiary/aromatic N) is 1. The van der Waals surface area contributed by atoms with Crippen LogP contribution in [0, 0.1) is 6.92 Å². The summed E-state index contributed by atoms with van der Waals surface area (Å²) in [6.45, 7) is 2.31. The van der Waals surface area contributed by atoms with Crippen molar-refractivity contribution >= 4 is 28.4 Å². The fourth-order valence-corrected chi connectivity index (χ4v) is 3.52. The lowest BCUT2D eigenvalue weighted by molar-refractivity contribution is 0.0950. The number of halogens is 1. The smallest absolute Gasteiger partial charge is 0.254 e. The van der Waals surface area contributed by atoms with Crippen molar-refractivity contribution in [2.45, 2.75) is 13.5 Å². The van der Waals surface area contributed by atoms with Crippen LogP contribution in [-0.4, -0.2) is 10.9 Å². The van der Waals surface area contributed by atoms with Crippen LogP contribution in [0.15, 0.2) is 78.9 Å². The number of pyridine rings is 1. The number of aryl methyl sites for hydroxylation is 1. The Morgan fingerprint density at radius 1 is 0.929 bits per heavy atom. The summed E-state index contributed by atoms with van der Waals surface area (Å²) in [4.78, 5) is 17.8. The van der Waals surface area contributed by atoms with Gasteiger partial charge < -0.3 is 5.32 Å². The zero-order chi connectivity index (χ0) is 19.5. The van der Waals surface area contributed by atoms with Gasteiger partial charge in [-0.2, -0.15) is 0 Å². The summed E-state index contributed by atoms with van der Waals surface area (Å²) in [6.07, 6.45) is 0. The molecule has 0 unspecified atom stereocenters. The molecule has 3 nitrogen and oxygen atoms in total. The third-order valence-corrected chi connectivity index (χ3v) is 4.98. The molecule has 28 heavy (non-hydrogen) atoms. The maximum atomic E-state index is 13.2. The van der Waals surface area contributed by atoms with Gasteiger partial charge in [0.2, 0.25) is 0 Å². The molecule has 3 aromatic carbocycles.